The number of benzene rings is 1. The fraction of sp³-hybridized carbons (Fsp3) is 0.600. The highest BCUT2D eigenvalue weighted by Crippen LogP contribution is 2.21. The van der Waals surface area contributed by atoms with E-state index in [1.54, 1.807) is 12.1 Å². The Labute approximate surface area is 127 Å². The third-order valence-corrected chi connectivity index (χ3v) is 5.65. The molecule has 0 amide bonds. The van der Waals surface area contributed by atoms with Crippen molar-refractivity contribution in [2.75, 3.05) is 19.6 Å². The van der Waals surface area contributed by atoms with Crippen LogP contribution in [0, 0.1) is 0 Å². The van der Waals surface area contributed by atoms with Gasteiger partial charge in [0, 0.05) is 19.6 Å². The number of sulfonamides is 1. The van der Waals surface area contributed by atoms with Crippen LogP contribution in [-0.4, -0.2) is 43.6 Å². The summed E-state index contributed by atoms with van der Waals surface area (Å²) in [5.41, 5.74) is 1.08. The molecule has 0 saturated carbocycles. The lowest BCUT2D eigenvalue weighted by molar-refractivity contribution is 0.113. The third kappa shape index (κ3) is 4.26. The van der Waals surface area contributed by atoms with Crippen LogP contribution in [0.1, 0.15) is 31.7 Å². The number of hydrogen-bond acceptors (Lipinski definition) is 4. The van der Waals surface area contributed by atoms with Crippen LogP contribution >= 0.6 is 0 Å². The summed E-state index contributed by atoms with van der Waals surface area (Å²) >= 11 is 0. The minimum Gasteiger partial charge on any atom is -0.393 e. The van der Waals surface area contributed by atoms with Crippen molar-refractivity contribution in [1.29, 1.82) is 0 Å². The molecule has 1 aromatic rings. The van der Waals surface area contributed by atoms with Gasteiger partial charge < -0.3 is 10.4 Å². The number of nitrogens with zero attached hydrogens (tertiary/aromatic N) is 1. The fourth-order valence-corrected chi connectivity index (χ4v) is 3.89. The van der Waals surface area contributed by atoms with Crippen molar-refractivity contribution in [2.45, 2.75) is 43.7 Å². The maximum absolute atomic E-state index is 12.5. The number of aliphatic hydroxyl groups excluding tert-OH is 1. The minimum absolute atomic E-state index is 0.332. The highest BCUT2D eigenvalue weighted by molar-refractivity contribution is 7.89. The monoisotopic (exact) mass is 312 g/mol. The van der Waals surface area contributed by atoms with E-state index < -0.39 is 10.0 Å². The SMILES string of the molecule is CCCNCc1ccc(S(=O)(=O)N2CCC(O)CC2)cc1. The first-order valence-corrected chi connectivity index (χ1v) is 8.96. The molecule has 0 unspecified atom stereocenters. The Bertz CT molecular complexity index is 535. The molecule has 2 N–H and O–H groups in total. The number of hydrogen-bond donors (Lipinski definition) is 2. The van der Waals surface area contributed by atoms with Crippen LogP contribution in [0.5, 0.6) is 0 Å². The molecule has 2 rings (SSSR count). The van der Waals surface area contributed by atoms with Gasteiger partial charge in [0.1, 0.15) is 0 Å². The van der Waals surface area contributed by atoms with Gasteiger partial charge in [0.25, 0.3) is 0 Å². The first kappa shape index (κ1) is 16.4. The number of rotatable bonds is 6. The summed E-state index contributed by atoms with van der Waals surface area (Å²) in [7, 11) is -3.43. The van der Waals surface area contributed by atoms with Gasteiger partial charge in [-0.25, -0.2) is 8.42 Å². The second-order valence-corrected chi connectivity index (χ2v) is 7.39. The molecule has 5 nitrogen and oxygen atoms in total. The molecule has 0 bridgehead atoms. The Morgan fingerprint density at radius 3 is 2.43 bits per heavy atom. The van der Waals surface area contributed by atoms with Crippen molar-refractivity contribution in [3.63, 3.8) is 0 Å². The zero-order valence-electron chi connectivity index (χ0n) is 12.5. The zero-order valence-corrected chi connectivity index (χ0v) is 13.3. The van der Waals surface area contributed by atoms with Gasteiger partial charge in [-0.3, -0.25) is 0 Å². The van der Waals surface area contributed by atoms with Gasteiger partial charge in [-0.1, -0.05) is 19.1 Å². The van der Waals surface area contributed by atoms with Crippen LogP contribution in [0.15, 0.2) is 29.2 Å². The van der Waals surface area contributed by atoms with Crippen molar-refractivity contribution in [3.05, 3.63) is 29.8 Å². The molecule has 0 atom stereocenters. The van der Waals surface area contributed by atoms with Gasteiger partial charge in [0.2, 0.25) is 10.0 Å². The van der Waals surface area contributed by atoms with Crippen molar-refractivity contribution >= 4 is 10.0 Å². The molecule has 1 fully saturated rings. The maximum Gasteiger partial charge on any atom is 0.243 e. The van der Waals surface area contributed by atoms with E-state index in [-0.39, 0.29) is 6.10 Å². The molecule has 6 heteroatoms. The van der Waals surface area contributed by atoms with E-state index in [1.807, 2.05) is 12.1 Å². The molecular weight excluding hydrogens is 288 g/mol. The van der Waals surface area contributed by atoms with Crippen LogP contribution in [0.3, 0.4) is 0 Å². The molecule has 1 saturated heterocycles. The van der Waals surface area contributed by atoms with Crippen LogP contribution in [-0.2, 0) is 16.6 Å². The average molecular weight is 312 g/mol. The summed E-state index contributed by atoms with van der Waals surface area (Å²) in [6, 6.07) is 7.05. The standard InChI is InChI=1S/C15H24N2O3S/c1-2-9-16-12-13-3-5-15(6-4-13)21(19,20)17-10-7-14(18)8-11-17/h3-6,14,16,18H,2,7-12H2,1H3. The largest absolute Gasteiger partial charge is 0.393 e. The molecule has 118 valence electrons. The molecular formula is C15H24N2O3S. The summed E-state index contributed by atoms with van der Waals surface area (Å²) in [5.74, 6) is 0. The van der Waals surface area contributed by atoms with Crippen molar-refractivity contribution in [1.82, 2.24) is 9.62 Å². The van der Waals surface area contributed by atoms with Crippen LogP contribution in [0.2, 0.25) is 0 Å². The first-order chi connectivity index (χ1) is 10.0. The number of piperidine rings is 1. The summed E-state index contributed by atoms with van der Waals surface area (Å²) in [5, 5.41) is 12.8. The van der Waals surface area contributed by atoms with E-state index in [2.05, 4.69) is 12.2 Å². The normalized spacial score (nSPS) is 18.0. The van der Waals surface area contributed by atoms with Gasteiger partial charge in [-0.05, 0) is 43.5 Å². The fourth-order valence-electron chi connectivity index (χ4n) is 2.42. The lowest BCUT2D eigenvalue weighted by Gasteiger charge is -2.28. The van der Waals surface area contributed by atoms with Crippen molar-refractivity contribution < 1.29 is 13.5 Å². The van der Waals surface area contributed by atoms with E-state index in [9.17, 15) is 13.5 Å². The van der Waals surface area contributed by atoms with E-state index in [0.29, 0.717) is 30.8 Å². The third-order valence-electron chi connectivity index (χ3n) is 3.74. The molecule has 0 aromatic heterocycles. The highest BCUT2D eigenvalue weighted by atomic mass is 32.2. The van der Waals surface area contributed by atoms with Crippen LogP contribution in [0.4, 0.5) is 0 Å². The van der Waals surface area contributed by atoms with Crippen molar-refractivity contribution in [3.8, 4) is 0 Å². The Kier molecular flexibility index (Phi) is 5.75. The summed E-state index contributed by atoms with van der Waals surface area (Å²) in [6.45, 7) is 4.60. The van der Waals surface area contributed by atoms with Crippen LogP contribution in [0.25, 0.3) is 0 Å². The second-order valence-electron chi connectivity index (χ2n) is 5.46. The number of aliphatic hydroxyl groups is 1. The van der Waals surface area contributed by atoms with Gasteiger partial charge in [-0.2, -0.15) is 4.31 Å². The van der Waals surface area contributed by atoms with Gasteiger partial charge >= 0.3 is 0 Å². The molecule has 0 aliphatic carbocycles. The zero-order chi connectivity index (χ0) is 15.3. The topological polar surface area (TPSA) is 69.6 Å². The molecule has 1 aliphatic heterocycles. The lowest BCUT2D eigenvalue weighted by atomic mass is 10.1. The smallest absolute Gasteiger partial charge is 0.243 e. The minimum atomic E-state index is -3.43. The Morgan fingerprint density at radius 2 is 1.86 bits per heavy atom. The highest BCUT2D eigenvalue weighted by Gasteiger charge is 2.28. The molecule has 1 aliphatic rings. The van der Waals surface area contributed by atoms with E-state index in [4.69, 9.17) is 0 Å². The van der Waals surface area contributed by atoms with Gasteiger partial charge in [-0.15, -0.1) is 0 Å². The first-order valence-electron chi connectivity index (χ1n) is 7.52. The Balaban J connectivity index is 2.03. The van der Waals surface area contributed by atoms with E-state index >= 15 is 0 Å². The predicted molar refractivity (Wildman–Crippen MR) is 82.4 cm³/mol. The van der Waals surface area contributed by atoms with E-state index in [1.165, 1.54) is 4.31 Å². The van der Waals surface area contributed by atoms with Crippen LogP contribution < -0.4 is 5.32 Å². The molecule has 0 spiro atoms. The lowest BCUT2D eigenvalue weighted by Crippen LogP contribution is -2.39. The summed E-state index contributed by atoms with van der Waals surface area (Å²) in [4.78, 5) is 0.332. The van der Waals surface area contributed by atoms with Gasteiger partial charge in [0.05, 0.1) is 11.0 Å². The predicted octanol–water partition coefficient (Wildman–Crippen LogP) is 1.33. The van der Waals surface area contributed by atoms with E-state index in [0.717, 1.165) is 25.1 Å². The molecule has 1 heterocycles. The van der Waals surface area contributed by atoms with Crippen molar-refractivity contribution in [2.24, 2.45) is 0 Å². The molecule has 21 heavy (non-hydrogen) atoms. The molecule has 1 aromatic carbocycles. The number of nitrogens with one attached hydrogen (secondary N) is 1. The molecule has 0 radical (unpaired) electrons. The van der Waals surface area contributed by atoms with Gasteiger partial charge in [0.15, 0.2) is 0 Å². The second kappa shape index (κ2) is 7.35. The average Bonchev–Trinajstić information content (AvgIpc) is 2.48. The maximum atomic E-state index is 12.5. The quantitative estimate of drug-likeness (QED) is 0.778. The summed E-state index contributed by atoms with van der Waals surface area (Å²) in [6.07, 6.45) is 1.73. The Hall–Kier alpha value is -0.950. The summed E-state index contributed by atoms with van der Waals surface area (Å²) < 4.78 is 26.5. The Morgan fingerprint density at radius 1 is 1.24 bits per heavy atom.